The van der Waals surface area contributed by atoms with E-state index in [1.807, 2.05) is 30.3 Å². The second kappa shape index (κ2) is 6.33. The molecule has 7 heteroatoms. The molecule has 3 aromatic rings. The first-order chi connectivity index (χ1) is 11.5. The molecular weight excluding hydrogens is 306 g/mol. The molecule has 0 aliphatic heterocycles. The first-order valence-electron chi connectivity index (χ1n) is 7.25. The molecule has 3 rings (SSSR count). The van der Waals surface area contributed by atoms with Crippen LogP contribution in [0, 0.1) is 17.0 Å². The highest BCUT2D eigenvalue weighted by molar-refractivity contribution is 5.70. The lowest BCUT2D eigenvalue weighted by Gasteiger charge is -2.09. The van der Waals surface area contributed by atoms with Gasteiger partial charge in [-0.25, -0.2) is 9.97 Å². The maximum atomic E-state index is 11.3. The summed E-state index contributed by atoms with van der Waals surface area (Å²) in [6.45, 7) is 1.77. The molecule has 3 N–H and O–H groups in total. The largest absolute Gasteiger partial charge is 0.397 e. The summed E-state index contributed by atoms with van der Waals surface area (Å²) < 4.78 is 0. The van der Waals surface area contributed by atoms with Crippen molar-refractivity contribution in [2.75, 3.05) is 11.1 Å². The molecule has 0 saturated heterocycles. The number of nitro groups is 1. The number of nitrogen functional groups attached to an aromatic ring is 1. The van der Waals surface area contributed by atoms with Gasteiger partial charge in [-0.2, -0.15) is 0 Å². The Bertz CT molecular complexity index is 897. The minimum absolute atomic E-state index is 0.119. The summed E-state index contributed by atoms with van der Waals surface area (Å²) in [4.78, 5) is 19.4. The van der Waals surface area contributed by atoms with Gasteiger partial charge >= 0.3 is 5.69 Å². The van der Waals surface area contributed by atoms with Crippen LogP contribution in [-0.2, 0) is 0 Å². The topological polar surface area (TPSA) is 107 Å². The van der Waals surface area contributed by atoms with Gasteiger partial charge in [0.05, 0.1) is 22.0 Å². The average Bonchev–Trinajstić information content (AvgIpc) is 2.59. The Balaban J connectivity index is 2.03. The molecule has 0 unspecified atom stereocenters. The molecule has 2 aromatic heterocycles. The van der Waals surface area contributed by atoms with E-state index in [-0.39, 0.29) is 11.5 Å². The Hall–Kier alpha value is -3.48. The van der Waals surface area contributed by atoms with E-state index in [1.165, 1.54) is 6.07 Å². The maximum absolute atomic E-state index is 11.3. The van der Waals surface area contributed by atoms with Crippen molar-refractivity contribution >= 4 is 23.0 Å². The van der Waals surface area contributed by atoms with Gasteiger partial charge in [0.25, 0.3) is 0 Å². The third-order valence-electron chi connectivity index (χ3n) is 3.51. The zero-order chi connectivity index (χ0) is 17.1. The molecule has 2 heterocycles. The van der Waals surface area contributed by atoms with Gasteiger partial charge in [0, 0.05) is 11.6 Å². The maximum Gasteiger partial charge on any atom is 0.311 e. The number of pyridine rings is 2. The number of hydrogen-bond acceptors (Lipinski definition) is 6. The normalized spacial score (nSPS) is 10.4. The number of rotatable bonds is 4. The van der Waals surface area contributed by atoms with E-state index >= 15 is 0 Å². The zero-order valence-corrected chi connectivity index (χ0v) is 12.9. The summed E-state index contributed by atoms with van der Waals surface area (Å²) in [5, 5.41) is 14.2. The monoisotopic (exact) mass is 321 g/mol. The third kappa shape index (κ3) is 3.14. The van der Waals surface area contributed by atoms with E-state index in [2.05, 4.69) is 15.3 Å². The number of anilines is 3. The molecule has 1 aromatic carbocycles. The average molecular weight is 321 g/mol. The quantitative estimate of drug-likeness (QED) is 0.560. The van der Waals surface area contributed by atoms with Crippen molar-refractivity contribution in [3.8, 4) is 11.3 Å². The molecule has 0 saturated carbocycles. The zero-order valence-electron chi connectivity index (χ0n) is 12.9. The van der Waals surface area contributed by atoms with Crippen LogP contribution in [0.1, 0.15) is 5.69 Å². The molecule has 0 bridgehead atoms. The molecule has 0 fully saturated rings. The first kappa shape index (κ1) is 15.4. The van der Waals surface area contributed by atoms with Crippen LogP contribution in [0.5, 0.6) is 0 Å². The van der Waals surface area contributed by atoms with E-state index in [4.69, 9.17) is 5.73 Å². The van der Waals surface area contributed by atoms with Crippen LogP contribution in [0.4, 0.5) is 23.0 Å². The second-order valence-corrected chi connectivity index (χ2v) is 5.18. The number of benzene rings is 1. The number of aryl methyl sites for hydroxylation is 1. The number of nitrogens with zero attached hydrogens (tertiary/aromatic N) is 3. The number of nitrogens with two attached hydrogens (primary N) is 1. The lowest BCUT2D eigenvalue weighted by molar-refractivity contribution is -0.384. The van der Waals surface area contributed by atoms with Crippen LogP contribution >= 0.6 is 0 Å². The molecule has 120 valence electrons. The minimum Gasteiger partial charge on any atom is -0.397 e. The predicted molar refractivity (Wildman–Crippen MR) is 93.0 cm³/mol. The van der Waals surface area contributed by atoms with Gasteiger partial charge in [0.15, 0.2) is 0 Å². The van der Waals surface area contributed by atoms with Gasteiger partial charge in [-0.05, 0) is 25.1 Å². The molecule has 0 amide bonds. The van der Waals surface area contributed by atoms with Crippen LogP contribution < -0.4 is 11.1 Å². The first-order valence-corrected chi connectivity index (χ1v) is 7.25. The van der Waals surface area contributed by atoms with Crippen LogP contribution in [0.25, 0.3) is 11.3 Å². The third-order valence-corrected chi connectivity index (χ3v) is 3.51. The van der Waals surface area contributed by atoms with E-state index < -0.39 is 4.92 Å². The van der Waals surface area contributed by atoms with Crippen LogP contribution in [0.3, 0.4) is 0 Å². The molecule has 7 nitrogen and oxygen atoms in total. The lowest BCUT2D eigenvalue weighted by atomic mass is 10.1. The van der Waals surface area contributed by atoms with Crippen molar-refractivity contribution in [3.05, 3.63) is 70.4 Å². The minimum atomic E-state index is -0.478. The second-order valence-electron chi connectivity index (χ2n) is 5.18. The number of aromatic nitrogens is 2. The molecule has 0 aliphatic carbocycles. The summed E-state index contributed by atoms with van der Waals surface area (Å²) in [6.07, 6.45) is 0. The summed E-state index contributed by atoms with van der Waals surface area (Å²) in [5.74, 6) is 0.584. The fraction of sp³-hybridized carbons (Fsp3) is 0.0588. The highest BCUT2D eigenvalue weighted by atomic mass is 16.6. The van der Waals surface area contributed by atoms with Crippen LogP contribution in [0.15, 0.2) is 54.6 Å². The fourth-order valence-electron chi connectivity index (χ4n) is 2.22. The SMILES string of the molecule is Cc1nc(Nc2nc(-c3ccccc3)ccc2[N+](=O)[O-])ccc1N. The molecule has 0 aliphatic rings. The van der Waals surface area contributed by atoms with Gasteiger partial charge in [0.1, 0.15) is 5.82 Å². The van der Waals surface area contributed by atoms with E-state index in [9.17, 15) is 10.1 Å². The van der Waals surface area contributed by atoms with Gasteiger partial charge in [0.2, 0.25) is 5.82 Å². The molecule has 24 heavy (non-hydrogen) atoms. The highest BCUT2D eigenvalue weighted by Gasteiger charge is 2.17. The highest BCUT2D eigenvalue weighted by Crippen LogP contribution is 2.29. The summed E-state index contributed by atoms with van der Waals surface area (Å²) in [7, 11) is 0. The van der Waals surface area contributed by atoms with Gasteiger partial charge in [-0.3, -0.25) is 10.1 Å². The van der Waals surface area contributed by atoms with Crippen molar-refractivity contribution in [2.45, 2.75) is 6.92 Å². The molecule has 0 spiro atoms. The fourth-order valence-corrected chi connectivity index (χ4v) is 2.22. The Morgan fingerprint density at radius 3 is 2.46 bits per heavy atom. The molecule has 0 radical (unpaired) electrons. The Labute approximate surface area is 138 Å². The van der Waals surface area contributed by atoms with Crippen LogP contribution in [0.2, 0.25) is 0 Å². The van der Waals surface area contributed by atoms with Gasteiger partial charge in [-0.15, -0.1) is 0 Å². The predicted octanol–water partition coefficient (Wildman–Crippen LogP) is 3.69. The van der Waals surface area contributed by atoms with Gasteiger partial charge in [-0.1, -0.05) is 30.3 Å². The summed E-state index contributed by atoms with van der Waals surface area (Å²) >= 11 is 0. The Morgan fingerprint density at radius 2 is 1.79 bits per heavy atom. The summed E-state index contributed by atoms with van der Waals surface area (Å²) in [5.41, 5.74) is 8.33. The van der Waals surface area contributed by atoms with E-state index in [1.54, 1.807) is 25.1 Å². The van der Waals surface area contributed by atoms with Crippen molar-refractivity contribution in [1.82, 2.24) is 9.97 Å². The molecular formula is C17H15N5O2. The van der Waals surface area contributed by atoms with Crippen molar-refractivity contribution in [3.63, 3.8) is 0 Å². The van der Waals surface area contributed by atoms with Crippen molar-refractivity contribution in [1.29, 1.82) is 0 Å². The number of nitrogens with one attached hydrogen (secondary N) is 1. The molecule has 0 atom stereocenters. The summed E-state index contributed by atoms with van der Waals surface area (Å²) in [6, 6.07) is 15.9. The smallest absolute Gasteiger partial charge is 0.311 e. The van der Waals surface area contributed by atoms with Crippen molar-refractivity contribution in [2.24, 2.45) is 0 Å². The van der Waals surface area contributed by atoms with Crippen molar-refractivity contribution < 1.29 is 4.92 Å². The standard InChI is InChI=1S/C17H15N5O2/c1-11-13(18)7-10-16(19-11)21-17-15(22(23)24)9-8-14(20-17)12-5-3-2-4-6-12/h2-10H,18H2,1H3,(H,19,20,21). The van der Waals surface area contributed by atoms with Gasteiger partial charge < -0.3 is 11.1 Å². The Morgan fingerprint density at radius 1 is 1.04 bits per heavy atom. The van der Waals surface area contributed by atoms with E-state index in [0.717, 1.165) is 5.56 Å². The lowest BCUT2D eigenvalue weighted by Crippen LogP contribution is -2.03. The Kier molecular flexibility index (Phi) is 4.07. The van der Waals surface area contributed by atoms with Crippen LogP contribution in [-0.4, -0.2) is 14.9 Å². The van der Waals surface area contributed by atoms with E-state index in [0.29, 0.717) is 22.9 Å². The number of hydrogen-bond donors (Lipinski definition) is 2.